The molecule has 3 heteroatoms. The van der Waals surface area contributed by atoms with E-state index in [0.29, 0.717) is 25.4 Å². The summed E-state index contributed by atoms with van der Waals surface area (Å²) in [5.41, 5.74) is 7.73. The van der Waals surface area contributed by atoms with E-state index in [1.807, 2.05) is 31.2 Å². The fourth-order valence-electron chi connectivity index (χ4n) is 1.63. The van der Waals surface area contributed by atoms with Gasteiger partial charge >= 0.3 is 0 Å². The van der Waals surface area contributed by atoms with Crippen LogP contribution in [0.5, 0.6) is 0 Å². The predicted octanol–water partition coefficient (Wildman–Crippen LogP) is 1.64. The van der Waals surface area contributed by atoms with E-state index >= 15 is 0 Å². The summed E-state index contributed by atoms with van der Waals surface area (Å²) in [6.45, 7) is 5.52. The molecule has 0 saturated carbocycles. The quantitative estimate of drug-likeness (QED) is 0.786. The molecule has 1 amide bonds. The fraction of sp³-hybridized carbons (Fsp3) is 0.500. The molecule has 1 aromatic rings. The molecule has 0 radical (unpaired) electrons. The lowest BCUT2D eigenvalue weighted by Gasteiger charge is -2.11. The highest BCUT2D eigenvalue weighted by atomic mass is 16.1. The highest BCUT2D eigenvalue weighted by Crippen LogP contribution is 2.04. The molecule has 94 valence electrons. The van der Waals surface area contributed by atoms with Crippen LogP contribution >= 0.6 is 0 Å². The Morgan fingerprint density at radius 2 is 2.00 bits per heavy atom. The summed E-state index contributed by atoms with van der Waals surface area (Å²) in [6.07, 6.45) is 1.40. The van der Waals surface area contributed by atoms with Crippen molar-refractivity contribution in [3.05, 3.63) is 35.4 Å². The Balaban J connectivity index is 2.32. The molecule has 0 aliphatic carbocycles. The number of carbonyl (C=O) groups is 1. The van der Waals surface area contributed by atoms with E-state index in [2.05, 4.69) is 12.2 Å². The molecule has 17 heavy (non-hydrogen) atoms. The minimum absolute atomic E-state index is 0.0812. The molecule has 1 atom stereocenters. The van der Waals surface area contributed by atoms with Crippen molar-refractivity contribution in [1.29, 1.82) is 0 Å². The molecular weight excluding hydrogens is 212 g/mol. The number of hydrogen-bond acceptors (Lipinski definition) is 2. The molecule has 0 heterocycles. The Bertz CT molecular complexity index is 346. The van der Waals surface area contributed by atoms with Crippen molar-refractivity contribution in [2.24, 2.45) is 11.7 Å². The van der Waals surface area contributed by atoms with Crippen LogP contribution in [-0.4, -0.2) is 19.0 Å². The summed E-state index contributed by atoms with van der Waals surface area (Å²) in [4.78, 5) is 11.7. The van der Waals surface area contributed by atoms with Gasteiger partial charge in [-0.3, -0.25) is 4.79 Å². The number of aryl methyl sites for hydroxylation is 1. The van der Waals surface area contributed by atoms with Gasteiger partial charge < -0.3 is 11.1 Å². The van der Waals surface area contributed by atoms with E-state index < -0.39 is 0 Å². The molecule has 1 aromatic carbocycles. The van der Waals surface area contributed by atoms with Crippen molar-refractivity contribution in [2.75, 3.05) is 13.1 Å². The predicted molar refractivity (Wildman–Crippen MR) is 70.7 cm³/mol. The van der Waals surface area contributed by atoms with Gasteiger partial charge in [0, 0.05) is 6.54 Å². The highest BCUT2D eigenvalue weighted by Gasteiger charge is 2.05. The van der Waals surface area contributed by atoms with Gasteiger partial charge in [0.25, 0.3) is 0 Å². The molecule has 0 saturated heterocycles. The first kappa shape index (κ1) is 13.7. The molecule has 0 aliphatic heterocycles. The number of hydrogen-bond donors (Lipinski definition) is 2. The summed E-state index contributed by atoms with van der Waals surface area (Å²) in [6, 6.07) is 8.05. The lowest BCUT2D eigenvalue weighted by atomic mass is 10.1. The second-order valence-electron chi connectivity index (χ2n) is 4.65. The van der Waals surface area contributed by atoms with Gasteiger partial charge in [-0.15, -0.1) is 0 Å². The summed E-state index contributed by atoms with van der Waals surface area (Å²) < 4.78 is 0. The van der Waals surface area contributed by atoms with Crippen molar-refractivity contribution in [1.82, 2.24) is 5.32 Å². The van der Waals surface area contributed by atoms with Crippen molar-refractivity contribution < 1.29 is 4.79 Å². The van der Waals surface area contributed by atoms with Crippen molar-refractivity contribution in [3.8, 4) is 0 Å². The first-order valence-corrected chi connectivity index (χ1v) is 6.14. The Labute approximate surface area is 103 Å². The minimum atomic E-state index is 0.0812. The van der Waals surface area contributed by atoms with Gasteiger partial charge in [-0.1, -0.05) is 36.8 Å². The molecule has 0 fully saturated rings. The number of nitrogens with one attached hydrogen (secondary N) is 1. The molecule has 0 aromatic heterocycles. The van der Waals surface area contributed by atoms with E-state index in [9.17, 15) is 4.79 Å². The van der Waals surface area contributed by atoms with Gasteiger partial charge in [0.15, 0.2) is 0 Å². The monoisotopic (exact) mass is 234 g/mol. The maximum atomic E-state index is 11.7. The number of rotatable bonds is 6. The van der Waals surface area contributed by atoms with Crippen LogP contribution in [0.3, 0.4) is 0 Å². The van der Waals surface area contributed by atoms with Crippen LogP contribution in [0.15, 0.2) is 24.3 Å². The van der Waals surface area contributed by atoms with Crippen molar-refractivity contribution in [2.45, 2.75) is 26.7 Å². The van der Waals surface area contributed by atoms with E-state index in [-0.39, 0.29) is 5.91 Å². The van der Waals surface area contributed by atoms with Crippen LogP contribution in [0.4, 0.5) is 0 Å². The lowest BCUT2D eigenvalue weighted by Crippen LogP contribution is -2.30. The molecule has 0 spiro atoms. The summed E-state index contributed by atoms with van der Waals surface area (Å²) in [7, 11) is 0. The Morgan fingerprint density at radius 3 is 2.59 bits per heavy atom. The smallest absolute Gasteiger partial charge is 0.224 e. The third kappa shape index (κ3) is 5.50. The number of nitrogens with two attached hydrogens (primary N) is 1. The largest absolute Gasteiger partial charge is 0.356 e. The molecule has 3 nitrogen and oxygen atoms in total. The normalized spacial score (nSPS) is 12.2. The van der Waals surface area contributed by atoms with Crippen LogP contribution in [0.1, 0.15) is 24.5 Å². The van der Waals surface area contributed by atoms with Crippen molar-refractivity contribution in [3.63, 3.8) is 0 Å². The van der Waals surface area contributed by atoms with Crippen LogP contribution in [-0.2, 0) is 11.2 Å². The molecular formula is C14H22N2O. The summed E-state index contributed by atoms with van der Waals surface area (Å²) in [5.74, 6) is 0.527. The van der Waals surface area contributed by atoms with Gasteiger partial charge in [0.1, 0.15) is 0 Å². The van der Waals surface area contributed by atoms with E-state index in [4.69, 9.17) is 5.73 Å². The number of benzene rings is 1. The average Bonchev–Trinajstić information content (AvgIpc) is 2.30. The third-order valence-electron chi connectivity index (χ3n) is 2.79. The Kier molecular flexibility index (Phi) is 5.70. The molecule has 1 unspecified atom stereocenters. The zero-order chi connectivity index (χ0) is 12.7. The lowest BCUT2D eigenvalue weighted by molar-refractivity contribution is -0.120. The van der Waals surface area contributed by atoms with E-state index in [1.165, 1.54) is 5.56 Å². The molecule has 3 N–H and O–H groups in total. The average molecular weight is 234 g/mol. The highest BCUT2D eigenvalue weighted by molar-refractivity contribution is 5.78. The van der Waals surface area contributed by atoms with E-state index in [1.54, 1.807) is 0 Å². The zero-order valence-electron chi connectivity index (χ0n) is 10.7. The fourth-order valence-corrected chi connectivity index (χ4v) is 1.63. The second kappa shape index (κ2) is 7.07. The van der Waals surface area contributed by atoms with Gasteiger partial charge in [-0.2, -0.15) is 0 Å². The van der Waals surface area contributed by atoms with Gasteiger partial charge in [0.2, 0.25) is 5.91 Å². The molecule has 1 rings (SSSR count). The second-order valence-corrected chi connectivity index (χ2v) is 4.65. The molecule has 0 bridgehead atoms. The molecule has 0 aliphatic rings. The van der Waals surface area contributed by atoms with Gasteiger partial charge in [0.05, 0.1) is 6.42 Å². The Hall–Kier alpha value is -1.35. The van der Waals surface area contributed by atoms with Crippen molar-refractivity contribution >= 4 is 5.91 Å². The number of carbonyl (C=O) groups excluding carboxylic acids is 1. The SMILES string of the molecule is Cc1ccc(CC(=O)NCC(C)CCN)cc1. The van der Waals surface area contributed by atoms with Gasteiger partial charge in [-0.25, -0.2) is 0 Å². The standard InChI is InChI=1S/C14H22N2O/c1-11-3-5-13(6-4-11)9-14(17)16-10-12(2)7-8-15/h3-6,12H,7-10,15H2,1-2H3,(H,16,17). The minimum Gasteiger partial charge on any atom is -0.356 e. The van der Waals surface area contributed by atoms with E-state index in [0.717, 1.165) is 12.0 Å². The maximum absolute atomic E-state index is 11.7. The maximum Gasteiger partial charge on any atom is 0.224 e. The number of amides is 1. The topological polar surface area (TPSA) is 55.1 Å². The van der Waals surface area contributed by atoms with Crippen LogP contribution < -0.4 is 11.1 Å². The third-order valence-corrected chi connectivity index (χ3v) is 2.79. The first-order chi connectivity index (χ1) is 8.11. The van der Waals surface area contributed by atoms with Crippen LogP contribution in [0.2, 0.25) is 0 Å². The Morgan fingerprint density at radius 1 is 1.35 bits per heavy atom. The van der Waals surface area contributed by atoms with Crippen LogP contribution in [0.25, 0.3) is 0 Å². The van der Waals surface area contributed by atoms with Gasteiger partial charge in [-0.05, 0) is 31.4 Å². The zero-order valence-corrected chi connectivity index (χ0v) is 10.7. The first-order valence-electron chi connectivity index (χ1n) is 6.14. The van der Waals surface area contributed by atoms with Crippen LogP contribution in [0, 0.1) is 12.8 Å². The summed E-state index contributed by atoms with van der Waals surface area (Å²) in [5, 5.41) is 2.94. The summed E-state index contributed by atoms with van der Waals surface area (Å²) >= 11 is 0.